The maximum Gasteiger partial charge on any atom is -0.000505 e. The zero-order valence-corrected chi connectivity index (χ0v) is 23.7. The van der Waals surface area contributed by atoms with E-state index >= 15 is 0 Å². The van der Waals surface area contributed by atoms with E-state index in [2.05, 4.69) is 167 Å². The van der Waals surface area contributed by atoms with Crippen LogP contribution in [0.15, 0.2) is 158 Å². The van der Waals surface area contributed by atoms with Crippen molar-refractivity contribution in [3.05, 3.63) is 169 Å². The third-order valence-corrected chi connectivity index (χ3v) is 8.36. The molecule has 6 aromatic rings. The highest BCUT2D eigenvalue weighted by Gasteiger charge is 2.19. The monoisotopic (exact) mass is 532 g/mol. The molecule has 0 aliphatic rings. The normalized spacial score (nSPS) is 11.7. The molecule has 0 aliphatic carbocycles. The molecule has 0 bridgehead atoms. The number of hydrogen-bond donors (Lipinski definition) is 0. The Labute approximate surface area is 240 Å². The highest BCUT2D eigenvalue weighted by atomic mass is 31.0. The minimum atomic E-state index is 0.308. The van der Waals surface area contributed by atoms with E-state index < -0.39 is 0 Å². The third kappa shape index (κ3) is 5.55. The van der Waals surface area contributed by atoms with Gasteiger partial charge in [-0.25, -0.2) is 0 Å². The number of aryl methyl sites for hydroxylation is 1. The molecule has 2 unspecified atom stereocenters. The van der Waals surface area contributed by atoms with Crippen molar-refractivity contribution in [2.24, 2.45) is 0 Å². The van der Waals surface area contributed by atoms with Gasteiger partial charge in [-0.1, -0.05) is 158 Å². The van der Waals surface area contributed by atoms with E-state index in [4.69, 9.17) is 0 Å². The SMILES string of the molecule is PC(CCc1cccc(-c2ccccc2)c1-c1ccccc1)c1cccc(-c2ccccc2)c1-c1ccccc1. The first kappa shape index (κ1) is 26.0. The molecule has 0 amide bonds. The van der Waals surface area contributed by atoms with Crippen LogP contribution in [0.25, 0.3) is 44.5 Å². The van der Waals surface area contributed by atoms with E-state index in [0.717, 1.165) is 12.8 Å². The van der Waals surface area contributed by atoms with Crippen LogP contribution in [0.1, 0.15) is 23.2 Å². The van der Waals surface area contributed by atoms with Crippen LogP contribution in [0, 0.1) is 0 Å². The molecule has 0 radical (unpaired) electrons. The number of rotatable bonds is 8. The fourth-order valence-corrected chi connectivity index (χ4v) is 6.19. The van der Waals surface area contributed by atoms with Crippen LogP contribution >= 0.6 is 9.24 Å². The minimum absolute atomic E-state index is 0.308. The molecule has 1 heteroatoms. The molecule has 0 aromatic heterocycles. The summed E-state index contributed by atoms with van der Waals surface area (Å²) in [7, 11) is 3.17. The summed E-state index contributed by atoms with van der Waals surface area (Å²) in [4.78, 5) is 0. The molecule has 0 fully saturated rings. The highest BCUT2D eigenvalue weighted by molar-refractivity contribution is 7.17. The van der Waals surface area contributed by atoms with Crippen molar-refractivity contribution in [2.75, 3.05) is 0 Å². The molecule has 0 spiro atoms. The van der Waals surface area contributed by atoms with E-state index in [0.29, 0.717) is 5.66 Å². The summed E-state index contributed by atoms with van der Waals surface area (Å²) >= 11 is 0. The summed E-state index contributed by atoms with van der Waals surface area (Å²) in [5.41, 5.74) is 13.4. The van der Waals surface area contributed by atoms with Crippen molar-refractivity contribution in [2.45, 2.75) is 18.5 Å². The van der Waals surface area contributed by atoms with Gasteiger partial charge in [0.2, 0.25) is 0 Å². The Morgan fingerprint density at radius 3 is 1.35 bits per heavy atom. The van der Waals surface area contributed by atoms with Gasteiger partial charge in [-0.3, -0.25) is 0 Å². The molecular weight excluding hydrogens is 499 g/mol. The molecule has 0 aliphatic heterocycles. The zero-order chi connectivity index (χ0) is 27.1. The van der Waals surface area contributed by atoms with Gasteiger partial charge in [-0.2, -0.15) is 0 Å². The van der Waals surface area contributed by atoms with Crippen LogP contribution in [-0.2, 0) is 6.42 Å². The van der Waals surface area contributed by atoms with Crippen LogP contribution < -0.4 is 0 Å². The van der Waals surface area contributed by atoms with Gasteiger partial charge in [0.05, 0.1) is 0 Å². The van der Waals surface area contributed by atoms with Gasteiger partial charge in [-0.15, -0.1) is 9.24 Å². The first-order chi connectivity index (χ1) is 19.8. The lowest BCUT2D eigenvalue weighted by Crippen LogP contribution is -2.00. The minimum Gasteiger partial charge on any atom is -0.130 e. The summed E-state index contributed by atoms with van der Waals surface area (Å²) < 4.78 is 0. The summed E-state index contributed by atoms with van der Waals surface area (Å²) in [6.07, 6.45) is 2.02. The Balaban J connectivity index is 1.39. The van der Waals surface area contributed by atoms with Crippen LogP contribution in [-0.4, -0.2) is 0 Å². The van der Waals surface area contributed by atoms with Gasteiger partial charge in [0.15, 0.2) is 0 Å². The van der Waals surface area contributed by atoms with Gasteiger partial charge < -0.3 is 0 Å². The molecule has 6 rings (SSSR count). The number of hydrogen-bond acceptors (Lipinski definition) is 0. The second kappa shape index (κ2) is 12.3. The Hall–Kier alpha value is -4.25. The Kier molecular flexibility index (Phi) is 7.99. The lowest BCUT2D eigenvalue weighted by molar-refractivity contribution is 0.805. The Morgan fingerprint density at radius 1 is 0.400 bits per heavy atom. The molecule has 0 N–H and O–H groups in total. The second-order valence-electron chi connectivity index (χ2n) is 10.2. The summed E-state index contributed by atoms with van der Waals surface area (Å²) in [5, 5.41) is 0. The van der Waals surface area contributed by atoms with E-state index in [-0.39, 0.29) is 0 Å². The molecule has 194 valence electrons. The molecular formula is C39H33P. The second-order valence-corrected chi connectivity index (χ2v) is 11.0. The fraction of sp³-hybridized carbons (Fsp3) is 0.0769. The van der Waals surface area contributed by atoms with E-state index in [1.807, 2.05) is 0 Å². The van der Waals surface area contributed by atoms with Crippen molar-refractivity contribution < 1.29 is 0 Å². The molecule has 0 saturated carbocycles. The van der Waals surface area contributed by atoms with Gasteiger partial charge >= 0.3 is 0 Å². The molecule has 6 aromatic carbocycles. The van der Waals surface area contributed by atoms with Crippen LogP contribution in [0.4, 0.5) is 0 Å². The molecule has 0 saturated heterocycles. The first-order valence-electron chi connectivity index (χ1n) is 14.0. The predicted octanol–water partition coefficient (Wildman–Crippen LogP) is 10.9. The van der Waals surface area contributed by atoms with Crippen molar-refractivity contribution in [1.29, 1.82) is 0 Å². The number of benzene rings is 6. The third-order valence-electron chi connectivity index (χ3n) is 7.67. The topological polar surface area (TPSA) is 0 Å². The molecule has 0 nitrogen and oxygen atoms in total. The molecule has 40 heavy (non-hydrogen) atoms. The Bertz CT molecular complexity index is 1670. The lowest BCUT2D eigenvalue weighted by atomic mass is 9.86. The maximum absolute atomic E-state index is 3.17. The summed E-state index contributed by atoms with van der Waals surface area (Å²) in [6, 6.07) is 56.8. The van der Waals surface area contributed by atoms with Crippen molar-refractivity contribution in [3.8, 4) is 44.5 Å². The maximum atomic E-state index is 3.17. The standard InChI is InChI=1S/C39H33P/c40-37(36-26-14-25-35(30-17-7-2-8-18-30)39(36)32-21-11-4-12-22-32)28-27-33-23-13-24-34(29-15-5-1-6-16-29)38(33)31-19-9-3-10-20-31/h1-26,37H,27-28,40H2. The van der Waals surface area contributed by atoms with Crippen molar-refractivity contribution >= 4 is 9.24 Å². The largest absolute Gasteiger partial charge is 0.130 e. The fourth-order valence-electron chi connectivity index (χ4n) is 5.74. The van der Waals surface area contributed by atoms with Crippen molar-refractivity contribution in [1.82, 2.24) is 0 Å². The lowest BCUT2D eigenvalue weighted by Gasteiger charge is -2.22. The van der Waals surface area contributed by atoms with Crippen molar-refractivity contribution in [3.63, 3.8) is 0 Å². The highest BCUT2D eigenvalue weighted by Crippen LogP contribution is 2.43. The average molecular weight is 533 g/mol. The predicted molar refractivity (Wildman–Crippen MR) is 175 cm³/mol. The van der Waals surface area contributed by atoms with Gasteiger partial charge in [-0.05, 0) is 74.1 Å². The van der Waals surface area contributed by atoms with Gasteiger partial charge in [0, 0.05) is 0 Å². The smallest absolute Gasteiger partial charge is 0.000505 e. The average Bonchev–Trinajstić information content (AvgIpc) is 3.04. The first-order valence-corrected chi connectivity index (χ1v) is 14.7. The van der Waals surface area contributed by atoms with E-state index in [9.17, 15) is 0 Å². The van der Waals surface area contributed by atoms with Crippen LogP contribution in [0.2, 0.25) is 0 Å². The molecule has 0 heterocycles. The summed E-state index contributed by atoms with van der Waals surface area (Å²) in [5.74, 6) is 0. The molecule has 2 atom stereocenters. The van der Waals surface area contributed by atoms with Crippen LogP contribution in [0.3, 0.4) is 0 Å². The quantitative estimate of drug-likeness (QED) is 0.171. The van der Waals surface area contributed by atoms with Gasteiger partial charge in [0.1, 0.15) is 0 Å². The van der Waals surface area contributed by atoms with E-state index in [1.165, 1.54) is 55.6 Å². The summed E-state index contributed by atoms with van der Waals surface area (Å²) in [6.45, 7) is 0. The van der Waals surface area contributed by atoms with Gasteiger partial charge in [0.25, 0.3) is 0 Å². The van der Waals surface area contributed by atoms with Crippen LogP contribution in [0.5, 0.6) is 0 Å². The van der Waals surface area contributed by atoms with E-state index in [1.54, 1.807) is 0 Å². The Morgan fingerprint density at radius 2 is 0.825 bits per heavy atom. The zero-order valence-electron chi connectivity index (χ0n) is 22.6.